The first-order chi connectivity index (χ1) is 7.60. The second kappa shape index (κ2) is 5.85. The first-order valence-electron chi connectivity index (χ1n) is 6.08. The molecule has 0 saturated heterocycles. The van der Waals surface area contributed by atoms with Gasteiger partial charge >= 0.3 is 0 Å². The smallest absolute Gasteiger partial charge is 0.0569 e. The molecule has 0 saturated carbocycles. The number of hydrogen-bond donors (Lipinski definition) is 1. The van der Waals surface area contributed by atoms with E-state index in [9.17, 15) is 0 Å². The van der Waals surface area contributed by atoms with Gasteiger partial charge in [0, 0.05) is 18.6 Å². The molecule has 16 heavy (non-hydrogen) atoms. The minimum absolute atomic E-state index is 0.00715. The molecule has 0 radical (unpaired) electrons. The third-order valence-corrected chi connectivity index (χ3v) is 3.03. The largest absolute Gasteiger partial charge is 0.368 e. The molecule has 0 bridgehead atoms. The van der Waals surface area contributed by atoms with E-state index in [1.165, 1.54) is 5.69 Å². The summed E-state index contributed by atoms with van der Waals surface area (Å²) in [6.45, 7) is 9.58. The highest BCUT2D eigenvalue weighted by atomic mass is 15.2. The quantitative estimate of drug-likeness (QED) is 0.831. The van der Waals surface area contributed by atoms with Gasteiger partial charge in [0.2, 0.25) is 0 Å². The Balaban J connectivity index is 2.86. The Labute approximate surface area is 98.7 Å². The van der Waals surface area contributed by atoms with Gasteiger partial charge in [-0.1, -0.05) is 6.92 Å². The lowest BCUT2D eigenvalue weighted by Gasteiger charge is -2.29. The molecule has 1 unspecified atom stereocenters. The van der Waals surface area contributed by atoms with Gasteiger partial charge in [0.1, 0.15) is 0 Å². The van der Waals surface area contributed by atoms with Crippen LogP contribution in [0.3, 0.4) is 0 Å². The molecule has 2 N–H and O–H groups in total. The average molecular weight is 221 g/mol. The van der Waals surface area contributed by atoms with E-state index in [1.54, 1.807) is 0 Å². The second-order valence-corrected chi connectivity index (χ2v) is 4.27. The van der Waals surface area contributed by atoms with Gasteiger partial charge in [-0.05, 0) is 39.3 Å². The number of rotatable bonds is 5. The van der Waals surface area contributed by atoms with Crippen molar-refractivity contribution in [3.63, 3.8) is 0 Å². The maximum Gasteiger partial charge on any atom is 0.0569 e. The molecular formula is C13H23N3. The lowest BCUT2D eigenvalue weighted by molar-refractivity contribution is 0.628. The average Bonchev–Trinajstić information content (AvgIpc) is 2.30. The number of anilines is 1. The van der Waals surface area contributed by atoms with E-state index in [-0.39, 0.29) is 6.04 Å². The summed E-state index contributed by atoms with van der Waals surface area (Å²) in [5.41, 5.74) is 7.91. The highest BCUT2D eigenvalue weighted by Gasteiger charge is 2.11. The van der Waals surface area contributed by atoms with Crippen LogP contribution in [-0.2, 0) is 0 Å². The predicted molar refractivity (Wildman–Crippen MR) is 69.6 cm³/mol. The Hall–Kier alpha value is -1.09. The zero-order chi connectivity index (χ0) is 12.1. The molecule has 90 valence electrons. The van der Waals surface area contributed by atoms with Crippen molar-refractivity contribution < 1.29 is 0 Å². The van der Waals surface area contributed by atoms with Crippen LogP contribution in [-0.4, -0.2) is 17.6 Å². The molecule has 1 aromatic rings. The number of hydrogen-bond acceptors (Lipinski definition) is 3. The lowest BCUT2D eigenvalue weighted by Crippen LogP contribution is -2.32. The van der Waals surface area contributed by atoms with Gasteiger partial charge in [0.15, 0.2) is 0 Å². The topological polar surface area (TPSA) is 42.1 Å². The van der Waals surface area contributed by atoms with Crippen molar-refractivity contribution in [2.45, 2.75) is 46.2 Å². The van der Waals surface area contributed by atoms with Crippen LogP contribution in [0.4, 0.5) is 5.69 Å². The molecule has 0 aliphatic rings. The van der Waals surface area contributed by atoms with Crippen molar-refractivity contribution >= 4 is 5.69 Å². The van der Waals surface area contributed by atoms with Crippen LogP contribution in [0.1, 0.15) is 45.9 Å². The molecule has 3 nitrogen and oxygen atoms in total. The molecule has 0 spiro atoms. The summed E-state index contributed by atoms with van der Waals surface area (Å²) < 4.78 is 0. The second-order valence-electron chi connectivity index (χ2n) is 4.27. The number of aromatic nitrogens is 1. The molecule has 1 aromatic heterocycles. The Kier molecular flexibility index (Phi) is 4.74. The maximum atomic E-state index is 5.78. The van der Waals surface area contributed by atoms with E-state index in [0.717, 1.165) is 18.7 Å². The molecule has 3 heteroatoms. The zero-order valence-electron chi connectivity index (χ0n) is 10.8. The molecule has 1 rings (SSSR count). The normalized spacial score (nSPS) is 14.6. The van der Waals surface area contributed by atoms with Crippen LogP contribution < -0.4 is 10.6 Å². The number of nitrogens with two attached hydrogens (primary N) is 1. The standard InChI is InChI=1S/C13H23N3/c1-5-10(3)16(6-2)12-7-8-13(11(4)14)15-9-12/h7-11H,5-6,14H2,1-4H3/t10?,11-/m0/s1. The summed E-state index contributed by atoms with van der Waals surface area (Å²) >= 11 is 0. The van der Waals surface area contributed by atoms with E-state index in [2.05, 4.69) is 36.7 Å². The van der Waals surface area contributed by atoms with E-state index < -0.39 is 0 Å². The molecule has 0 aromatic carbocycles. The predicted octanol–water partition coefficient (Wildman–Crippen LogP) is 2.73. The lowest BCUT2D eigenvalue weighted by atomic mass is 10.2. The van der Waals surface area contributed by atoms with E-state index in [1.807, 2.05) is 19.2 Å². The molecule has 2 atom stereocenters. The van der Waals surface area contributed by atoms with Crippen molar-refractivity contribution in [1.82, 2.24) is 4.98 Å². The Morgan fingerprint density at radius 2 is 2.00 bits per heavy atom. The SMILES string of the molecule is CCC(C)N(CC)c1ccc([C@H](C)N)nc1. The van der Waals surface area contributed by atoms with Crippen LogP contribution in [0.5, 0.6) is 0 Å². The third kappa shape index (κ3) is 2.95. The summed E-state index contributed by atoms with van der Waals surface area (Å²) in [5.74, 6) is 0. The fourth-order valence-corrected chi connectivity index (χ4v) is 1.81. The number of nitrogens with zero attached hydrogens (tertiary/aromatic N) is 2. The highest BCUT2D eigenvalue weighted by Crippen LogP contribution is 2.18. The molecule has 0 amide bonds. The fourth-order valence-electron chi connectivity index (χ4n) is 1.81. The van der Waals surface area contributed by atoms with Gasteiger partial charge in [0.05, 0.1) is 17.6 Å². The summed E-state index contributed by atoms with van der Waals surface area (Å²) in [6, 6.07) is 4.69. The van der Waals surface area contributed by atoms with E-state index >= 15 is 0 Å². The first kappa shape index (κ1) is 13.0. The summed E-state index contributed by atoms with van der Waals surface area (Å²) in [5, 5.41) is 0. The zero-order valence-corrected chi connectivity index (χ0v) is 10.8. The first-order valence-corrected chi connectivity index (χ1v) is 6.08. The van der Waals surface area contributed by atoms with Crippen LogP contribution in [0.2, 0.25) is 0 Å². The van der Waals surface area contributed by atoms with Gasteiger partial charge in [-0.2, -0.15) is 0 Å². The fraction of sp³-hybridized carbons (Fsp3) is 0.615. The molecule has 0 aliphatic carbocycles. The third-order valence-electron chi connectivity index (χ3n) is 3.03. The summed E-state index contributed by atoms with van der Waals surface area (Å²) in [7, 11) is 0. The van der Waals surface area contributed by atoms with Crippen LogP contribution in [0.15, 0.2) is 18.3 Å². The van der Waals surface area contributed by atoms with Crippen molar-refractivity contribution in [3.05, 3.63) is 24.0 Å². The van der Waals surface area contributed by atoms with Gasteiger partial charge in [-0.25, -0.2) is 0 Å². The minimum Gasteiger partial charge on any atom is -0.368 e. The monoisotopic (exact) mass is 221 g/mol. The van der Waals surface area contributed by atoms with Gasteiger partial charge in [-0.3, -0.25) is 4.98 Å². The van der Waals surface area contributed by atoms with Crippen LogP contribution in [0.25, 0.3) is 0 Å². The Morgan fingerprint density at radius 3 is 2.38 bits per heavy atom. The van der Waals surface area contributed by atoms with Crippen molar-refractivity contribution in [2.75, 3.05) is 11.4 Å². The Bertz CT molecular complexity index is 305. The van der Waals surface area contributed by atoms with Gasteiger partial charge in [-0.15, -0.1) is 0 Å². The van der Waals surface area contributed by atoms with Crippen molar-refractivity contribution in [3.8, 4) is 0 Å². The van der Waals surface area contributed by atoms with E-state index in [4.69, 9.17) is 5.73 Å². The van der Waals surface area contributed by atoms with Gasteiger partial charge < -0.3 is 10.6 Å². The van der Waals surface area contributed by atoms with Crippen LogP contribution >= 0.6 is 0 Å². The van der Waals surface area contributed by atoms with Crippen molar-refractivity contribution in [1.29, 1.82) is 0 Å². The van der Waals surface area contributed by atoms with E-state index in [0.29, 0.717) is 6.04 Å². The van der Waals surface area contributed by atoms with Gasteiger partial charge in [0.25, 0.3) is 0 Å². The molecule has 0 fully saturated rings. The summed E-state index contributed by atoms with van der Waals surface area (Å²) in [6.07, 6.45) is 3.07. The van der Waals surface area contributed by atoms with Crippen molar-refractivity contribution in [2.24, 2.45) is 5.73 Å². The molecule has 0 aliphatic heterocycles. The minimum atomic E-state index is 0.00715. The Morgan fingerprint density at radius 1 is 1.31 bits per heavy atom. The summed E-state index contributed by atoms with van der Waals surface area (Å²) in [4.78, 5) is 6.76. The maximum absolute atomic E-state index is 5.78. The van der Waals surface area contributed by atoms with Crippen LogP contribution in [0, 0.1) is 0 Å². The highest BCUT2D eigenvalue weighted by molar-refractivity contribution is 5.45. The molecule has 1 heterocycles. The number of pyridine rings is 1. The molecular weight excluding hydrogens is 198 g/mol.